The first-order chi connectivity index (χ1) is 14.1. The second-order valence-electron chi connectivity index (χ2n) is 8.13. The summed E-state index contributed by atoms with van der Waals surface area (Å²) >= 11 is 0. The molecule has 0 spiro atoms. The number of para-hydroxylation sites is 2. The SMILES string of the molecule is CC1(C)c2ccccc2N(c2ccc3oc4ncccc4c3c2)c2ccccc21. The molecule has 5 aromatic rings. The fourth-order valence-electron chi connectivity index (χ4n) is 4.69. The van der Waals surface area contributed by atoms with E-state index in [0.29, 0.717) is 5.71 Å². The Morgan fingerprint density at radius 3 is 2.17 bits per heavy atom. The Morgan fingerprint density at radius 2 is 1.45 bits per heavy atom. The minimum Gasteiger partial charge on any atom is -0.438 e. The van der Waals surface area contributed by atoms with Crippen LogP contribution in [0, 0.1) is 0 Å². The maximum Gasteiger partial charge on any atom is 0.227 e. The summed E-state index contributed by atoms with van der Waals surface area (Å²) in [6.07, 6.45) is 1.77. The molecule has 0 fully saturated rings. The van der Waals surface area contributed by atoms with Crippen molar-refractivity contribution < 1.29 is 4.42 Å². The number of fused-ring (bicyclic) bond motifs is 5. The van der Waals surface area contributed by atoms with Gasteiger partial charge in [0.05, 0.1) is 11.4 Å². The summed E-state index contributed by atoms with van der Waals surface area (Å²) in [5.41, 5.74) is 7.72. The Labute approximate surface area is 169 Å². The predicted molar refractivity (Wildman–Crippen MR) is 118 cm³/mol. The maximum atomic E-state index is 5.94. The highest BCUT2D eigenvalue weighted by molar-refractivity contribution is 6.05. The molecule has 1 aliphatic heterocycles. The van der Waals surface area contributed by atoms with Crippen molar-refractivity contribution in [3.8, 4) is 0 Å². The summed E-state index contributed by atoms with van der Waals surface area (Å²) in [5, 5.41) is 2.13. The standard InChI is InChI=1S/C26H20N2O/c1-26(2)20-9-3-5-11-22(20)28(23-12-6-4-10-21(23)26)17-13-14-24-19(16-17)18-8-7-15-27-25(18)29-24/h3-16H,1-2H3. The normalized spacial score (nSPS) is 14.8. The van der Waals surface area contributed by atoms with E-state index in [9.17, 15) is 0 Å². The molecule has 140 valence electrons. The average molecular weight is 376 g/mol. The van der Waals surface area contributed by atoms with Gasteiger partial charge in [-0.2, -0.15) is 0 Å². The van der Waals surface area contributed by atoms with E-state index in [1.54, 1.807) is 6.20 Å². The number of hydrogen-bond donors (Lipinski definition) is 0. The molecule has 3 heterocycles. The molecule has 2 aromatic heterocycles. The van der Waals surface area contributed by atoms with Gasteiger partial charge in [0.15, 0.2) is 0 Å². The molecule has 0 radical (unpaired) electrons. The molecule has 0 atom stereocenters. The maximum absolute atomic E-state index is 5.94. The molecule has 3 nitrogen and oxygen atoms in total. The Hall–Kier alpha value is -3.59. The van der Waals surface area contributed by atoms with Crippen LogP contribution in [0.15, 0.2) is 89.5 Å². The summed E-state index contributed by atoms with van der Waals surface area (Å²) in [6.45, 7) is 4.61. The molecule has 6 rings (SSSR count). The Kier molecular flexibility index (Phi) is 3.22. The van der Waals surface area contributed by atoms with Crippen LogP contribution in [0.25, 0.3) is 22.1 Å². The van der Waals surface area contributed by atoms with E-state index in [1.165, 1.54) is 22.5 Å². The van der Waals surface area contributed by atoms with Crippen LogP contribution < -0.4 is 4.90 Å². The lowest BCUT2D eigenvalue weighted by atomic mass is 9.73. The van der Waals surface area contributed by atoms with Crippen molar-refractivity contribution in [2.24, 2.45) is 0 Å². The number of benzene rings is 3. The van der Waals surface area contributed by atoms with Gasteiger partial charge >= 0.3 is 0 Å². The molecule has 0 aliphatic carbocycles. The minimum atomic E-state index is -0.0555. The first-order valence-corrected chi connectivity index (χ1v) is 9.91. The van der Waals surface area contributed by atoms with Crippen LogP contribution in [0.5, 0.6) is 0 Å². The second-order valence-corrected chi connectivity index (χ2v) is 8.13. The number of furan rings is 1. The molecule has 3 heteroatoms. The minimum absolute atomic E-state index is 0.0555. The van der Waals surface area contributed by atoms with E-state index >= 15 is 0 Å². The third-order valence-electron chi connectivity index (χ3n) is 6.13. The van der Waals surface area contributed by atoms with E-state index in [-0.39, 0.29) is 5.41 Å². The zero-order valence-electron chi connectivity index (χ0n) is 16.4. The lowest BCUT2D eigenvalue weighted by molar-refractivity contribution is 0.632. The van der Waals surface area contributed by atoms with Gasteiger partial charge in [0.1, 0.15) is 5.58 Å². The fourth-order valence-corrected chi connectivity index (χ4v) is 4.69. The summed E-state index contributed by atoms with van der Waals surface area (Å²) in [6, 6.07) is 27.8. The van der Waals surface area contributed by atoms with Gasteiger partial charge in [-0.15, -0.1) is 0 Å². The molecule has 0 saturated heterocycles. The van der Waals surface area contributed by atoms with Gasteiger partial charge < -0.3 is 9.32 Å². The first kappa shape index (κ1) is 16.4. The third kappa shape index (κ3) is 2.21. The Bertz CT molecular complexity index is 1350. The first-order valence-electron chi connectivity index (χ1n) is 9.91. The highest BCUT2D eigenvalue weighted by Crippen LogP contribution is 2.51. The predicted octanol–water partition coefficient (Wildman–Crippen LogP) is 7.09. The van der Waals surface area contributed by atoms with Crippen molar-refractivity contribution in [3.63, 3.8) is 0 Å². The van der Waals surface area contributed by atoms with Crippen LogP contribution in [0.3, 0.4) is 0 Å². The van der Waals surface area contributed by atoms with Crippen LogP contribution in [0.4, 0.5) is 17.1 Å². The molecule has 29 heavy (non-hydrogen) atoms. The fraction of sp³-hybridized carbons (Fsp3) is 0.115. The van der Waals surface area contributed by atoms with E-state index in [0.717, 1.165) is 22.0 Å². The summed E-state index contributed by atoms with van der Waals surface area (Å²) in [5.74, 6) is 0. The molecular formula is C26H20N2O. The monoisotopic (exact) mass is 376 g/mol. The third-order valence-corrected chi connectivity index (χ3v) is 6.13. The molecule has 3 aromatic carbocycles. The van der Waals surface area contributed by atoms with E-state index < -0.39 is 0 Å². The second kappa shape index (κ2) is 5.71. The number of anilines is 3. The van der Waals surface area contributed by atoms with Gasteiger partial charge in [0.2, 0.25) is 5.71 Å². The molecule has 0 unspecified atom stereocenters. The number of nitrogens with zero attached hydrogens (tertiary/aromatic N) is 2. The topological polar surface area (TPSA) is 29.3 Å². The summed E-state index contributed by atoms with van der Waals surface area (Å²) in [4.78, 5) is 6.74. The van der Waals surface area contributed by atoms with E-state index in [1.807, 2.05) is 6.07 Å². The van der Waals surface area contributed by atoms with Crippen LogP contribution in [-0.2, 0) is 5.41 Å². The number of rotatable bonds is 1. The zero-order chi connectivity index (χ0) is 19.6. The largest absolute Gasteiger partial charge is 0.438 e. The lowest BCUT2D eigenvalue weighted by Gasteiger charge is -2.42. The smallest absolute Gasteiger partial charge is 0.227 e. The summed E-state index contributed by atoms with van der Waals surface area (Å²) < 4.78 is 5.94. The van der Waals surface area contributed by atoms with Crippen molar-refractivity contribution in [1.29, 1.82) is 0 Å². The van der Waals surface area contributed by atoms with Crippen molar-refractivity contribution in [2.75, 3.05) is 4.90 Å². The highest BCUT2D eigenvalue weighted by Gasteiger charge is 2.36. The Balaban J connectivity index is 1.66. The molecule has 0 N–H and O–H groups in total. The zero-order valence-corrected chi connectivity index (χ0v) is 16.4. The van der Waals surface area contributed by atoms with E-state index in [2.05, 4.69) is 96.5 Å². The van der Waals surface area contributed by atoms with Crippen molar-refractivity contribution >= 4 is 39.1 Å². The Morgan fingerprint density at radius 1 is 0.759 bits per heavy atom. The number of aromatic nitrogens is 1. The number of pyridine rings is 1. The van der Waals surface area contributed by atoms with Gasteiger partial charge in [-0.05, 0) is 53.6 Å². The van der Waals surface area contributed by atoms with Crippen molar-refractivity contribution in [3.05, 3.63) is 96.2 Å². The average Bonchev–Trinajstić information content (AvgIpc) is 3.12. The van der Waals surface area contributed by atoms with Crippen LogP contribution in [0.2, 0.25) is 0 Å². The van der Waals surface area contributed by atoms with Crippen molar-refractivity contribution in [1.82, 2.24) is 4.98 Å². The van der Waals surface area contributed by atoms with Gasteiger partial charge in [-0.1, -0.05) is 50.2 Å². The van der Waals surface area contributed by atoms with Gasteiger partial charge in [-0.3, -0.25) is 0 Å². The van der Waals surface area contributed by atoms with Crippen molar-refractivity contribution in [2.45, 2.75) is 19.3 Å². The molecule has 1 aliphatic rings. The van der Waals surface area contributed by atoms with Gasteiger partial charge in [-0.25, -0.2) is 4.98 Å². The molecule has 0 saturated carbocycles. The van der Waals surface area contributed by atoms with Crippen LogP contribution >= 0.6 is 0 Å². The highest BCUT2D eigenvalue weighted by atomic mass is 16.3. The number of hydrogen-bond acceptors (Lipinski definition) is 3. The van der Waals surface area contributed by atoms with Gasteiger partial charge in [0.25, 0.3) is 0 Å². The lowest BCUT2D eigenvalue weighted by Crippen LogP contribution is -2.30. The van der Waals surface area contributed by atoms with Gasteiger partial charge in [0, 0.05) is 28.1 Å². The molecular weight excluding hydrogens is 356 g/mol. The van der Waals surface area contributed by atoms with Crippen LogP contribution in [0.1, 0.15) is 25.0 Å². The quantitative estimate of drug-likeness (QED) is 0.313. The summed E-state index contributed by atoms with van der Waals surface area (Å²) in [7, 11) is 0. The van der Waals surface area contributed by atoms with Crippen LogP contribution in [-0.4, -0.2) is 4.98 Å². The molecule has 0 bridgehead atoms. The van der Waals surface area contributed by atoms with E-state index in [4.69, 9.17) is 4.42 Å². The molecule has 0 amide bonds.